The smallest absolute Gasteiger partial charge is 0.242 e. The average Bonchev–Trinajstić information content (AvgIpc) is 2.41. The molecule has 0 radical (unpaired) electrons. The van der Waals surface area contributed by atoms with Crippen molar-refractivity contribution in [1.82, 2.24) is 9.71 Å². The van der Waals surface area contributed by atoms with Gasteiger partial charge in [-0.05, 0) is 26.3 Å². The van der Waals surface area contributed by atoms with Crippen molar-refractivity contribution < 1.29 is 13.2 Å². The first kappa shape index (κ1) is 17.2. The molecule has 1 heterocycles. The first-order valence-electron chi connectivity index (χ1n) is 6.48. The van der Waals surface area contributed by atoms with E-state index < -0.39 is 10.0 Å². The Morgan fingerprint density at radius 1 is 1.40 bits per heavy atom. The molecule has 0 aliphatic carbocycles. The van der Waals surface area contributed by atoms with Gasteiger partial charge in [0.25, 0.3) is 0 Å². The van der Waals surface area contributed by atoms with Gasteiger partial charge in [-0.15, -0.1) is 0 Å². The van der Waals surface area contributed by atoms with E-state index in [4.69, 9.17) is 16.3 Å². The van der Waals surface area contributed by atoms with Gasteiger partial charge in [-0.2, -0.15) is 0 Å². The molecule has 0 unspecified atom stereocenters. The van der Waals surface area contributed by atoms with Gasteiger partial charge in [0.05, 0.1) is 5.02 Å². The molecule has 2 N–H and O–H groups in total. The van der Waals surface area contributed by atoms with Crippen LogP contribution in [0.2, 0.25) is 5.02 Å². The van der Waals surface area contributed by atoms with E-state index in [1.165, 1.54) is 12.3 Å². The highest BCUT2D eigenvalue weighted by atomic mass is 35.5. The van der Waals surface area contributed by atoms with Crippen LogP contribution in [0.3, 0.4) is 0 Å². The SMILES string of the molecule is CCNc1ncc(S(=O)(=O)NCCCOCC)cc1Cl. The number of sulfonamides is 1. The zero-order valence-electron chi connectivity index (χ0n) is 11.6. The van der Waals surface area contributed by atoms with Gasteiger partial charge in [-0.1, -0.05) is 11.6 Å². The lowest BCUT2D eigenvalue weighted by atomic mass is 10.4. The van der Waals surface area contributed by atoms with Crippen LogP contribution in [0.15, 0.2) is 17.2 Å². The van der Waals surface area contributed by atoms with Gasteiger partial charge in [0.1, 0.15) is 10.7 Å². The fourth-order valence-electron chi connectivity index (χ4n) is 1.47. The highest BCUT2D eigenvalue weighted by Crippen LogP contribution is 2.22. The lowest BCUT2D eigenvalue weighted by Gasteiger charge is -2.09. The molecule has 20 heavy (non-hydrogen) atoms. The molecule has 0 aliphatic rings. The van der Waals surface area contributed by atoms with Crippen LogP contribution < -0.4 is 10.0 Å². The Balaban J connectivity index is 2.65. The summed E-state index contributed by atoms with van der Waals surface area (Å²) >= 11 is 5.98. The maximum atomic E-state index is 12.0. The number of nitrogens with one attached hydrogen (secondary N) is 2. The van der Waals surface area contributed by atoms with E-state index >= 15 is 0 Å². The van der Waals surface area contributed by atoms with Gasteiger partial charge < -0.3 is 10.1 Å². The molecule has 114 valence electrons. The monoisotopic (exact) mass is 321 g/mol. The molecule has 0 spiro atoms. The zero-order chi connectivity index (χ0) is 15.0. The van der Waals surface area contributed by atoms with Crippen LogP contribution in [0.1, 0.15) is 20.3 Å². The highest BCUT2D eigenvalue weighted by Gasteiger charge is 2.15. The number of pyridine rings is 1. The Kier molecular flexibility index (Phi) is 7.22. The van der Waals surface area contributed by atoms with Crippen LogP contribution in [0.4, 0.5) is 5.82 Å². The summed E-state index contributed by atoms with van der Waals surface area (Å²) in [5, 5.41) is 3.23. The number of rotatable bonds is 9. The molecule has 0 saturated heterocycles. The number of hydrogen-bond donors (Lipinski definition) is 2. The Morgan fingerprint density at radius 2 is 2.15 bits per heavy atom. The summed E-state index contributed by atoms with van der Waals surface area (Å²) in [4.78, 5) is 4.06. The Morgan fingerprint density at radius 3 is 2.75 bits per heavy atom. The van der Waals surface area contributed by atoms with Crippen LogP contribution in [-0.4, -0.2) is 39.7 Å². The van der Waals surface area contributed by atoms with Gasteiger partial charge in [-0.25, -0.2) is 18.1 Å². The van der Waals surface area contributed by atoms with Crippen molar-refractivity contribution in [2.75, 3.05) is 31.6 Å². The Labute approximate surface area is 124 Å². The molecule has 0 fully saturated rings. The minimum Gasteiger partial charge on any atom is -0.382 e. The largest absolute Gasteiger partial charge is 0.382 e. The number of anilines is 1. The van der Waals surface area contributed by atoms with E-state index in [1.807, 2.05) is 13.8 Å². The highest BCUT2D eigenvalue weighted by molar-refractivity contribution is 7.89. The van der Waals surface area contributed by atoms with E-state index in [9.17, 15) is 8.42 Å². The molecule has 1 rings (SSSR count). The van der Waals surface area contributed by atoms with Crippen molar-refractivity contribution in [3.05, 3.63) is 17.3 Å². The second-order valence-electron chi connectivity index (χ2n) is 3.98. The van der Waals surface area contributed by atoms with E-state index in [0.29, 0.717) is 38.5 Å². The second kappa shape index (κ2) is 8.41. The third-order valence-electron chi connectivity index (χ3n) is 2.43. The van der Waals surface area contributed by atoms with Gasteiger partial charge in [-0.3, -0.25) is 0 Å². The summed E-state index contributed by atoms with van der Waals surface area (Å²) in [7, 11) is -3.58. The molecular formula is C12H20ClN3O3S. The summed E-state index contributed by atoms with van der Waals surface area (Å²) in [6.07, 6.45) is 1.90. The summed E-state index contributed by atoms with van der Waals surface area (Å²) in [6, 6.07) is 1.39. The number of halogens is 1. The third-order valence-corrected chi connectivity index (χ3v) is 4.15. The molecule has 0 bridgehead atoms. The number of hydrogen-bond acceptors (Lipinski definition) is 5. The van der Waals surface area contributed by atoms with Crippen LogP contribution in [0.5, 0.6) is 0 Å². The fraction of sp³-hybridized carbons (Fsp3) is 0.583. The molecule has 0 atom stereocenters. The van der Waals surface area contributed by atoms with Gasteiger partial charge >= 0.3 is 0 Å². The molecule has 0 aromatic carbocycles. The van der Waals surface area contributed by atoms with Crippen LogP contribution in [0, 0.1) is 0 Å². The summed E-state index contributed by atoms with van der Waals surface area (Å²) in [6.45, 7) is 5.92. The van der Waals surface area contributed by atoms with Crippen molar-refractivity contribution in [3.8, 4) is 0 Å². The Hall–Kier alpha value is -0.890. The third kappa shape index (κ3) is 5.24. The van der Waals surface area contributed by atoms with Crippen molar-refractivity contribution in [2.45, 2.75) is 25.2 Å². The van der Waals surface area contributed by atoms with Crippen molar-refractivity contribution >= 4 is 27.4 Å². The number of ether oxygens (including phenoxy) is 1. The first-order valence-corrected chi connectivity index (χ1v) is 8.34. The van der Waals surface area contributed by atoms with E-state index in [1.54, 1.807) is 0 Å². The topological polar surface area (TPSA) is 80.3 Å². The van der Waals surface area contributed by atoms with Crippen molar-refractivity contribution in [1.29, 1.82) is 0 Å². The molecule has 1 aromatic heterocycles. The molecule has 1 aromatic rings. The maximum Gasteiger partial charge on any atom is 0.242 e. The molecule has 0 saturated carbocycles. The van der Waals surface area contributed by atoms with E-state index in [0.717, 1.165) is 0 Å². The zero-order valence-corrected chi connectivity index (χ0v) is 13.2. The standard InChI is InChI=1S/C12H20ClN3O3S/c1-3-14-12-11(13)8-10(9-15-12)20(17,18)16-6-5-7-19-4-2/h8-9,16H,3-7H2,1-2H3,(H,14,15). The van der Waals surface area contributed by atoms with Crippen molar-refractivity contribution in [3.63, 3.8) is 0 Å². The summed E-state index contributed by atoms with van der Waals surface area (Å²) < 4.78 is 31.7. The molecule has 0 aliphatic heterocycles. The van der Waals surface area contributed by atoms with Gasteiger partial charge in [0, 0.05) is 32.5 Å². The number of aromatic nitrogens is 1. The molecule has 8 heteroatoms. The summed E-state index contributed by atoms with van der Waals surface area (Å²) in [5.41, 5.74) is 0. The lowest BCUT2D eigenvalue weighted by molar-refractivity contribution is 0.146. The first-order chi connectivity index (χ1) is 9.51. The summed E-state index contributed by atoms with van der Waals surface area (Å²) in [5.74, 6) is 0.476. The minimum atomic E-state index is -3.58. The fourth-order valence-corrected chi connectivity index (χ4v) is 2.82. The predicted octanol–water partition coefficient (Wildman–Crippen LogP) is 1.87. The average molecular weight is 322 g/mol. The normalized spacial score (nSPS) is 11.6. The quantitative estimate of drug-likeness (QED) is 0.679. The van der Waals surface area contributed by atoms with Crippen LogP contribution >= 0.6 is 11.6 Å². The molecule has 6 nitrogen and oxygen atoms in total. The number of nitrogens with zero attached hydrogens (tertiary/aromatic N) is 1. The lowest BCUT2D eigenvalue weighted by Crippen LogP contribution is -2.25. The van der Waals surface area contributed by atoms with Crippen molar-refractivity contribution in [2.24, 2.45) is 0 Å². The van der Waals surface area contributed by atoms with Gasteiger partial charge in [0.15, 0.2) is 0 Å². The minimum absolute atomic E-state index is 0.0561. The van der Waals surface area contributed by atoms with Crippen LogP contribution in [0.25, 0.3) is 0 Å². The van der Waals surface area contributed by atoms with E-state index in [-0.39, 0.29) is 9.92 Å². The maximum absolute atomic E-state index is 12.0. The second-order valence-corrected chi connectivity index (χ2v) is 6.15. The van der Waals surface area contributed by atoms with Gasteiger partial charge in [0.2, 0.25) is 10.0 Å². The van der Waals surface area contributed by atoms with Crippen LogP contribution in [-0.2, 0) is 14.8 Å². The Bertz CT molecular complexity index is 523. The molecule has 0 amide bonds. The predicted molar refractivity (Wildman–Crippen MR) is 79.7 cm³/mol. The molecular weight excluding hydrogens is 302 g/mol. The van der Waals surface area contributed by atoms with E-state index in [2.05, 4.69) is 15.0 Å².